The van der Waals surface area contributed by atoms with E-state index in [1.165, 1.54) is 4.90 Å². The molecule has 4 aliphatic heterocycles. The fraction of sp³-hybridized carbons (Fsp3) is 0.441. The minimum atomic E-state index is -1.05. The Balaban J connectivity index is 1.23. The topological polar surface area (TPSA) is 112 Å². The number of fused-ring (bicyclic) bond motifs is 3. The summed E-state index contributed by atoms with van der Waals surface area (Å²) in [5.41, 5.74) is 2.20. The monoisotopic (exact) mass is 644 g/mol. The minimum Gasteiger partial charge on any atom is -0.461 e. The van der Waals surface area contributed by atoms with Gasteiger partial charge in [-0.3, -0.25) is 14.5 Å². The third-order valence-corrected chi connectivity index (χ3v) is 10.1. The average molecular weight is 645 g/mol. The highest BCUT2D eigenvalue weighted by atomic mass is 35.5. The maximum Gasteiger partial charge on any atom is 0.318 e. The Hall–Kier alpha value is -4.11. The van der Waals surface area contributed by atoms with Crippen molar-refractivity contribution in [1.82, 2.24) is 19.8 Å². The fourth-order valence-corrected chi connectivity index (χ4v) is 7.88. The van der Waals surface area contributed by atoms with Gasteiger partial charge >= 0.3 is 6.01 Å². The number of hydrogen-bond donors (Lipinski definition) is 0. The van der Waals surface area contributed by atoms with Crippen molar-refractivity contribution < 1.29 is 23.5 Å². The van der Waals surface area contributed by atoms with Gasteiger partial charge in [-0.15, -0.1) is 0 Å². The largest absolute Gasteiger partial charge is 0.461 e. The number of piperazine rings is 1. The molecular formula is C34H34ClFN6O4. The highest BCUT2D eigenvalue weighted by molar-refractivity contribution is 6.35. The molecule has 5 heterocycles. The number of benzene rings is 2. The van der Waals surface area contributed by atoms with E-state index in [1.807, 2.05) is 41.3 Å². The van der Waals surface area contributed by atoms with Crippen LogP contribution in [0.25, 0.3) is 10.8 Å². The molecule has 0 N–H and O–H groups in total. The summed E-state index contributed by atoms with van der Waals surface area (Å²) >= 11 is 6.67. The van der Waals surface area contributed by atoms with Crippen molar-refractivity contribution in [2.24, 2.45) is 0 Å². The molecule has 3 saturated heterocycles. The number of aromatic nitrogens is 2. The Morgan fingerprint density at radius 1 is 1.22 bits per heavy atom. The van der Waals surface area contributed by atoms with Crippen molar-refractivity contribution in [2.45, 2.75) is 56.4 Å². The molecule has 3 aromatic rings. The smallest absolute Gasteiger partial charge is 0.318 e. The van der Waals surface area contributed by atoms with Crippen LogP contribution < -0.4 is 9.64 Å². The summed E-state index contributed by atoms with van der Waals surface area (Å²) in [7, 11) is 0. The molecule has 7 rings (SSSR count). The van der Waals surface area contributed by atoms with Crippen molar-refractivity contribution in [3.63, 3.8) is 0 Å². The maximum absolute atomic E-state index is 13.9. The van der Waals surface area contributed by atoms with Crippen LogP contribution in [-0.2, 0) is 27.4 Å². The number of ketones is 1. The Kier molecular flexibility index (Phi) is 8.13. The molecule has 10 nitrogen and oxygen atoms in total. The number of rotatable bonds is 7. The Morgan fingerprint density at radius 3 is 2.85 bits per heavy atom. The molecule has 238 valence electrons. The standard InChI is InChI=1S/C34H34ClFN6O4/c1-21(36)32(44)42-14-13-40(17-23(42)9-11-37)31-26-19-45-29(25-7-2-5-22-6-3-8-27(35)30(22)25)15-28(26)38-33(39-31)46-20-34-10-4-12-41(34)18-24(43)16-34/h2-3,5-8,23,29H,1,4,9-10,12-20H2/t23-,29?,34?/m0/s1. The molecule has 12 heteroatoms. The first-order chi connectivity index (χ1) is 22.3. The summed E-state index contributed by atoms with van der Waals surface area (Å²) in [6.45, 7) is 5.83. The number of nitrogens with zero attached hydrogens (tertiary/aromatic N) is 6. The molecule has 4 aliphatic rings. The Labute approximate surface area is 271 Å². The lowest BCUT2D eigenvalue weighted by molar-refractivity contribution is -0.131. The van der Waals surface area contributed by atoms with Gasteiger partial charge in [0.1, 0.15) is 18.2 Å². The quantitative estimate of drug-likeness (QED) is 0.338. The first-order valence-electron chi connectivity index (χ1n) is 15.6. The number of halogens is 2. The number of amides is 1. The van der Waals surface area contributed by atoms with Gasteiger partial charge in [0.2, 0.25) is 0 Å². The van der Waals surface area contributed by atoms with Gasteiger partial charge in [0, 0.05) is 48.4 Å². The average Bonchev–Trinajstić information content (AvgIpc) is 3.58. The van der Waals surface area contributed by atoms with E-state index >= 15 is 0 Å². The number of carbonyl (C=O) groups excluding carboxylic acids is 2. The van der Waals surface area contributed by atoms with Crippen molar-refractivity contribution >= 4 is 39.9 Å². The van der Waals surface area contributed by atoms with Crippen LogP contribution in [0.1, 0.15) is 48.6 Å². The number of carbonyl (C=O) groups is 2. The zero-order valence-corrected chi connectivity index (χ0v) is 26.1. The summed E-state index contributed by atoms with van der Waals surface area (Å²) < 4.78 is 26.7. The summed E-state index contributed by atoms with van der Waals surface area (Å²) in [4.78, 5) is 40.3. The van der Waals surface area contributed by atoms with E-state index in [4.69, 9.17) is 31.0 Å². The van der Waals surface area contributed by atoms with E-state index in [1.54, 1.807) is 0 Å². The highest BCUT2D eigenvalue weighted by Gasteiger charge is 2.49. The lowest BCUT2D eigenvalue weighted by Gasteiger charge is -2.42. The Bertz CT molecular complexity index is 1780. The molecule has 3 fully saturated rings. The molecule has 1 amide bonds. The Morgan fingerprint density at radius 2 is 2.04 bits per heavy atom. The van der Waals surface area contributed by atoms with Gasteiger partial charge in [0.25, 0.3) is 5.91 Å². The van der Waals surface area contributed by atoms with Gasteiger partial charge in [-0.05, 0) is 36.4 Å². The molecule has 0 radical (unpaired) electrons. The van der Waals surface area contributed by atoms with Crippen molar-refractivity contribution in [3.05, 3.63) is 70.6 Å². The van der Waals surface area contributed by atoms with Crippen LogP contribution in [-0.4, -0.2) is 82.4 Å². The van der Waals surface area contributed by atoms with E-state index in [2.05, 4.69) is 17.5 Å². The molecule has 2 unspecified atom stereocenters. The summed E-state index contributed by atoms with van der Waals surface area (Å²) in [5, 5.41) is 12.1. The lowest BCUT2D eigenvalue weighted by Crippen LogP contribution is -2.55. The second kappa shape index (κ2) is 12.2. The molecule has 1 aromatic heterocycles. The second-order valence-corrected chi connectivity index (χ2v) is 13.0. The molecule has 0 saturated carbocycles. The van der Waals surface area contributed by atoms with Crippen LogP contribution >= 0.6 is 11.6 Å². The van der Waals surface area contributed by atoms with E-state index in [9.17, 15) is 19.2 Å². The number of hydrogen-bond acceptors (Lipinski definition) is 9. The normalized spacial score (nSPS) is 24.5. The van der Waals surface area contributed by atoms with Crippen LogP contribution in [0.15, 0.2) is 48.8 Å². The van der Waals surface area contributed by atoms with Crippen molar-refractivity contribution in [2.75, 3.05) is 44.2 Å². The molecular weight excluding hydrogens is 611 g/mol. The fourth-order valence-electron chi connectivity index (χ4n) is 7.59. The van der Waals surface area contributed by atoms with Crippen LogP contribution in [0.3, 0.4) is 0 Å². The van der Waals surface area contributed by atoms with Gasteiger partial charge < -0.3 is 19.3 Å². The maximum atomic E-state index is 13.9. The molecule has 3 atom stereocenters. The lowest BCUT2D eigenvalue weighted by atomic mass is 9.94. The van der Waals surface area contributed by atoms with Crippen LogP contribution in [0, 0.1) is 11.3 Å². The first kappa shape index (κ1) is 30.5. The number of ether oxygens (including phenoxy) is 2. The van der Waals surface area contributed by atoms with E-state index in [-0.39, 0.29) is 49.6 Å². The summed E-state index contributed by atoms with van der Waals surface area (Å²) in [6, 6.07) is 13.6. The number of nitriles is 1. The van der Waals surface area contributed by atoms with Gasteiger partial charge in [0.05, 0.1) is 49.0 Å². The van der Waals surface area contributed by atoms with Gasteiger partial charge in [-0.2, -0.15) is 15.2 Å². The molecule has 46 heavy (non-hydrogen) atoms. The second-order valence-electron chi connectivity index (χ2n) is 12.6. The number of Topliss-reactive ketones (excluding diaryl/α,β-unsaturated/α-hetero) is 1. The molecule has 0 aliphatic carbocycles. The van der Waals surface area contributed by atoms with Crippen LogP contribution in [0.4, 0.5) is 10.2 Å². The predicted octanol–water partition coefficient (Wildman–Crippen LogP) is 4.70. The SMILES string of the molecule is C=C(F)C(=O)N1CCN(c2nc(OCC34CCCN3CC(=O)C4)nc3c2COC(c2cccc4cccc(Cl)c24)C3)C[C@@H]1CC#N. The zero-order chi connectivity index (χ0) is 32.0. The first-order valence-corrected chi connectivity index (χ1v) is 16.0. The predicted molar refractivity (Wildman–Crippen MR) is 169 cm³/mol. The van der Waals surface area contributed by atoms with Gasteiger partial charge in [-0.1, -0.05) is 48.5 Å². The molecule has 0 bridgehead atoms. The molecule has 0 spiro atoms. The highest BCUT2D eigenvalue weighted by Crippen LogP contribution is 2.41. The minimum absolute atomic E-state index is 0.0267. The van der Waals surface area contributed by atoms with Gasteiger partial charge in [-0.25, -0.2) is 4.39 Å². The zero-order valence-electron chi connectivity index (χ0n) is 25.4. The van der Waals surface area contributed by atoms with E-state index < -0.39 is 17.8 Å². The third-order valence-electron chi connectivity index (χ3n) is 9.80. The number of anilines is 1. The van der Waals surface area contributed by atoms with Crippen molar-refractivity contribution in [3.8, 4) is 12.1 Å². The molecule has 2 aromatic carbocycles. The third kappa shape index (κ3) is 5.48. The summed E-state index contributed by atoms with van der Waals surface area (Å²) in [5.74, 6) is -1.03. The van der Waals surface area contributed by atoms with E-state index in [0.29, 0.717) is 43.4 Å². The van der Waals surface area contributed by atoms with Crippen molar-refractivity contribution in [1.29, 1.82) is 5.26 Å². The van der Waals surface area contributed by atoms with Gasteiger partial charge in [0.15, 0.2) is 5.83 Å². The van der Waals surface area contributed by atoms with Crippen LogP contribution in [0.5, 0.6) is 6.01 Å². The summed E-state index contributed by atoms with van der Waals surface area (Å²) in [6.07, 6.45) is 2.49. The van der Waals surface area contributed by atoms with E-state index in [0.717, 1.165) is 47.0 Å². The van der Waals surface area contributed by atoms with Crippen LogP contribution in [0.2, 0.25) is 5.02 Å².